The van der Waals surface area contributed by atoms with Crippen molar-refractivity contribution in [1.82, 2.24) is 9.80 Å². The second kappa shape index (κ2) is 5.35. The third-order valence-electron chi connectivity index (χ3n) is 3.39. The average molecular weight is 251 g/mol. The maximum Gasteiger partial charge on any atom is 0.256 e. The molecule has 0 atom stereocenters. The minimum Gasteiger partial charge on any atom is -0.396 e. The molecule has 1 aliphatic rings. The van der Waals surface area contributed by atoms with E-state index in [4.69, 9.17) is 5.73 Å². The summed E-state index contributed by atoms with van der Waals surface area (Å²) in [7, 11) is 0. The van der Waals surface area contributed by atoms with Gasteiger partial charge in [0.2, 0.25) is 0 Å². The largest absolute Gasteiger partial charge is 0.396 e. The van der Waals surface area contributed by atoms with E-state index in [2.05, 4.69) is 11.8 Å². The normalized spacial score (nSPS) is 16.9. The molecule has 5 heteroatoms. The Morgan fingerprint density at radius 3 is 2.61 bits per heavy atom. The summed E-state index contributed by atoms with van der Waals surface area (Å²) >= 11 is 0. The van der Waals surface area contributed by atoms with Gasteiger partial charge in [-0.2, -0.15) is 0 Å². The highest BCUT2D eigenvalue weighted by Crippen LogP contribution is 2.18. The van der Waals surface area contributed by atoms with Crippen LogP contribution >= 0.6 is 0 Å². The van der Waals surface area contributed by atoms with Crippen molar-refractivity contribution in [2.45, 2.75) is 6.92 Å². The van der Waals surface area contributed by atoms with Crippen LogP contribution in [-0.2, 0) is 0 Å². The lowest BCUT2D eigenvalue weighted by Gasteiger charge is -2.34. The molecule has 1 heterocycles. The zero-order chi connectivity index (χ0) is 13.1. The predicted octanol–water partition coefficient (Wildman–Crippen LogP) is 1.19. The molecule has 1 saturated heterocycles. The van der Waals surface area contributed by atoms with Gasteiger partial charge in [-0.15, -0.1) is 0 Å². The van der Waals surface area contributed by atoms with Gasteiger partial charge in [0.05, 0.1) is 11.3 Å². The number of likely N-dealkylation sites (N-methyl/N-ethyl adjacent to an activating group) is 1. The summed E-state index contributed by atoms with van der Waals surface area (Å²) in [6.45, 7) is 6.15. The van der Waals surface area contributed by atoms with Gasteiger partial charge in [0.15, 0.2) is 0 Å². The molecule has 0 bridgehead atoms. The van der Waals surface area contributed by atoms with E-state index < -0.39 is 5.82 Å². The van der Waals surface area contributed by atoms with Crippen LogP contribution in [0.15, 0.2) is 18.2 Å². The fraction of sp³-hybridized carbons (Fsp3) is 0.462. The Balaban J connectivity index is 2.10. The summed E-state index contributed by atoms with van der Waals surface area (Å²) in [5.74, 6) is -0.712. The highest BCUT2D eigenvalue weighted by molar-refractivity contribution is 5.99. The monoisotopic (exact) mass is 251 g/mol. The van der Waals surface area contributed by atoms with Crippen molar-refractivity contribution >= 4 is 11.6 Å². The Kier molecular flexibility index (Phi) is 3.81. The number of nitrogens with two attached hydrogens (primary N) is 1. The molecule has 4 nitrogen and oxygen atoms in total. The second-order valence-corrected chi connectivity index (χ2v) is 4.43. The van der Waals surface area contributed by atoms with Gasteiger partial charge in [0, 0.05) is 26.2 Å². The summed E-state index contributed by atoms with van der Waals surface area (Å²) in [6, 6.07) is 4.36. The van der Waals surface area contributed by atoms with Gasteiger partial charge in [-0.1, -0.05) is 13.0 Å². The summed E-state index contributed by atoms with van der Waals surface area (Å²) in [6.07, 6.45) is 0. The van der Waals surface area contributed by atoms with Crippen LogP contribution in [0, 0.1) is 5.82 Å². The van der Waals surface area contributed by atoms with Crippen LogP contribution < -0.4 is 5.73 Å². The molecule has 0 unspecified atom stereocenters. The first-order chi connectivity index (χ1) is 8.63. The molecule has 2 N–H and O–H groups in total. The fourth-order valence-electron chi connectivity index (χ4n) is 2.16. The van der Waals surface area contributed by atoms with E-state index in [0.717, 1.165) is 19.6 Å². The Morgan fingerprint density at radius 1 is 1.33 bits per heavy atom. The molecule has 98 valence electrons. The van der Waals surface area contributed by atoms with Crippen molar-refractivity contribution in [3.63, 3.8) is 0 Å². The predicted molar refractivity (Wildman–Crippen MR) is 68.8 cm³/mol. The molecule has 1 aliphatic heterocycles. The van der Waals surface area contributed by atoms with Gasteiger partial charge in [0.1, 0.15) is 5.82 Å². The van der Waals surface area contributed by atoms with Gasteiger partial charge >= 0.3 is 0 Å². The lowest BCUT2D eigenvalue weighted by atomic mass is 10.1. The maximum absolute atomic E-state index is 13.3. The number of nitrogen functional groups attached to an aromatic ring is 1. The van der Waals surface area contributed by atoms with Crippen LogP contribution in [0.2, 0.25) is 0 Å². The van der Waals surface area contributed by atoms with Crippen molar-refractivity contribution in [1.29, 1.82) is 0 Å². The molecule has 18 heavy (non-hydrogen) atoms. The molecule has 2 rings (SSSR count). The van der Waals surface area contributed by atoms with Crippen LogP contribution in [0.25, 0.3) is 0 Å². The fourth-order valence-corrected chi connectivity index (χ4v) is 2.16. The van der Waals surface area contributed by atoms with Crippen LogP contribution in [-0.4, -0.2) is 48.4 Å². The molecule has 0 radical (unpaired) electrons. The first-order valence-corrected chi connectivity index (χ1v) is 6.19. The van der Waals surface area contributed by atoms with E-state index in [9.17, 15) is 9.18 Å². The SMILES string of the molecule is CCN1CCN(C(=O)c2cccc(F)c2N)CC1. The summed E-state index contributed by atoms with van der Waals surface area (Å²) in [5.41, 5.74) is 5.82. The Labute approximate surface area is 106 Å². The standard InChI is InChI=1S/C13H18FN3O/c1-2-16-6-8-17(9-7-16)13(18)10-4-3-5-11(14)12(10)15/h3-5H,2,6-9,15H2,1H3. The second-order valence-electron chi connectivity index (χ2n) is 4.43. The number of piperazine rings is 1. The number of carbonyl (C=O) groups is 1. The van der Waals surface area contributed by atoms with E-state index in [0.29, 0.717) is 13.1 Å². The van der Waals surface area contributed by atoms with Crippen molar-refractivity contribution in [2.24, 2.45) is 0 Å². The van der Waals surface area contributed by atoms with Gasteiger partial charge in [-0.25, -0.2) is 4.39 Å². The average Bonchev–Trinajstić information content (AvgIpc) is 2.41. The van der Waals surface area contributed by atoms with Crippen LogP contribution in [0.3, 0.4) is 0 Å². The maximum atomic E-state index is 13.3. The van der Waals surface area contributed by atoms with Gasteiger partial charge in [-0.3, -0.25) is 4.79 Å². The van der Waals surface area contributed by atoms with E-state index >= 15 is 0 Å². The number of anilines is 1. The molecular weight excluding hydrogens is 233 g/mol. The molecule has 1 amide bonds. The zero-order valence-corrected chi connectivity index (χ0v) is 10.5. The number of nitrogens with zero attached hydrogens (tertiary/aromatic N) is 2. The number of para-hydroxylation sites is 1. The topological polar surface area (TPSA) is 49.6 Å². The number of halogens is 1. The minimum atomic E-state index is -0.534. The molecule has 0 aromatic heterocycles. The lowest BCUT2D eigenvalue weighted by molar-refractivity contribution is 0.0644. The zero-order valence-electron chi connectivity index (χ0n) is 10.5. The number of hydrogen-bond donors (Lipinski definition) is 1. The Hall–Kier alpha value is -1.62. The highest BCUT2D eigenvalue weighted by atomic mass is 19.1. The van der Waals surface area contributed by atoms with E-state index in [1.807, 2.05) is 0 Å². The molecule has 0 spiro atoms. The van der Waals surface area contributed by atoms with Crippen LogP contribution in [0.1, 0.15) is 17.3 Å². The van der Waals surface area contributed by atoms with Gasteiger partial charge < -0.3 is 15.5 Å². The van der Waals surface area contributed by atoms with E-state index in [1.165, 1.54) is 12.1 Å². The first kappa shape index (κ1) is 12.8. The minimum absolute atomic E-state index is 0.0552. The molecule has 1 fully saturated rings. The van der Waals surface area contributed by atoms with Gasteiger partial charge in [0.25, 0.3) is 5.91 Å². The molecule has 0 saturated carbocycles. The van der Waals surface area contributed by atoms with E-state index in [1.54, 1.807) is 11.0 Å². The smallest absolute Gasteiger partial charge is 0.256 e. The quantitative estimate of drug-likeness (QED) is 0.803. The number of carbonyl (C=O) groups excluding carboxylic acids is 1. The highest BCUT2D eigenvalue weighted by Gasteiger charge is 2.23. The number of amides is 1. The molecule has 1 aromatic carbocycles. The van der Waals surface area contributed by atoms with Crippen molar-refractivity contribution in [2.75, 3.05) is 38.5 Å². The van der Waals surface area contributed by atoms with E-state index in [-0.39, 0.29) is 17.2 Å². The number of rotatable bonds is 2. The van der Waals surface area contributed by atoms with Crippen molar-refractivity contribution in [3.8, 4) is 0 Å². The molecule has 0 aliphatic carbocycles. The molecule has 1 aromatic rings. The number of hydrogen-bond acceptors (Lipinski definition) is 3. The lowest BCUT2D eigenvalue weighted by Crippen LogP contribution is -2.48. The van der Waals surface area contributed by atoms with Gasteiger partial charge in [-0.05, 0) is 18.7 Å². The summed E-state index contributed by atoms with van der Waals surface area (Å²) < 4.78 is 13.3. The summed E-state index contributed by atoms with van der Waals surface area (Å²) in [5, 5.41) is 0. The number of benzene rings is 1. The summed E-state index contributed by atoms with van der Waals surface area (Å²) in [4.78, 5) is 16.2. The molecular formula is C13H18FN3O. The third kappa shape index (κ3) is 2.46. The van der Waals surface area contributed by atoms with Crippen molar-refractivity contribution < 1.29 is 9.18 Å². The third-order valence-corrected chi connectivity index (χ3v) is 3.39. The Morgan fingerprint density at radius 2 is 2.00 bits per heavy atom. The van der Waals surface area contributed by atoms with Crippen molar-refractivity contribution in [3.05, 3.63) is 29.6 Å². The Bertz CT molecular complexity index is 442. The van der Waals surface area contributed by atoms with Crippen LogP contribution in [0.4, 0.5) is 10.1 Å². The van der Waals surface area contributed by atoms with Crippen LogP contribution in [0.5, 0.6) is 0 Å². The first-order valence-electron chi connectivity index (χ1n) is 6.19.